The van der Waals surface area contributed by atoms with Gasteiger partial charge in [-0.25, -0.2) is 0 Å². The van der Waals surface area contributed by atoms with Crippen molar-refractivity contribution in [3.8, 4) is 0 Å². The van der Waals surface area contributed by atoms with Crippen LogP contribution in [0.3, 0.4) is 0 Å². The van der Waals surface area contributed by atoms with Gasteiger partial charge in [0.25, 0.3) is 0 Å². The Balaban J connectivity index is 3.80. The first kappa shape index (κ1) is 12.4. The average Bonchev–Trinajstić information content (AvgIpc) is 2.02. The summed E-state index contributed by atoms with van der Waals surface area (Å²) >= 11 is 6.09. The molecule has 0 aliphatic heterocycles. The summed E-state index contributed by atoms with van der Waals surface area (Å²) in [6.45, 7) is 7.50. The van der Waals surface area contributed by atoms with Crippen LogP contribution >= 0.6 is 11.1 Å². The van der Waals surface area contributed by atoms with E-state index in [0.29, 0.717) is 26.1 Å². The first-order valence-corrected chi connectivity index (χ1v) is 7.26. The van der Waals surface area contributed by atoms with Gasteiger partial charge in [0.15, 0.2) is 0 Å². The molecule has 0 heterocycles. The lowest BCUT2D eigenvalue weighted by Gasteiger charge is -2.22. The molecule has 0 saturated heterocycles. The zero-order valence-corrected chi connectivity index (χ0v) is 9.69. The first-order valence-electron chi connectivity index (χ1n) is 4.23. The van der Waals surface area contributed by atoms with Gasteiger partial charge in [0.05, 0.1) is 0 Å². The minimum atomic E-state index is -2.52. The van der Waals surface area contributed by atoms with Gasteiger partial charge in [-0.05, 0) is 20.8 Å². The van der Waals surface area contributed by atoms with Crippen LogP contribution in [0.15, 0.2) is 0 Å². The molecule has 0 rings (SSSR count). The van der Waals surface area contributed by atoms with Gasteiger partial charge in [0.2, 0.25) is 0 Å². The molecule has 0 aliphatic carbocycles. The Morgan fingerprint density at radius 2 is 1.50 bits per heavy atom. The Bertz CT molecular complexity index is 107. The van der Waals surface area contributed by atoms with Crippen LogP contribution in [-0.2, 0) is 13.6 Å². The van der Waals surface area contributed by atoms with E-state index in [0.717, 1.165) is 0 Å². The molecule has 5 heteroatoms. The number of hydrogen-bond donors (Lipinski definition) is 0. The Labute approximate surface area is 79.9 Å². The predicted octanol–water partition coefficient (Wildman–Crippen LogP) is 1.81. The van der Waals surface area contributed by atoms with Gasteiger partial charge in [0.1, 0.15) is 6.23 Å². The van der Waals surface area contributed by atoms with E-state index in [-0.39, 0.29) is 0 Å². The third-order valence-electron chi connectivity index (χ3n) is 1.20. The SMILES string of the molecule is CCOC[Si](Cl)(OCC)OCC. The van der Waals surface area contributed by atoms with Crippen molar-refractivity contribution >= 4 is 18.9 Å². The topological polar surface area (TPSA) is 27.7 Å². The zero-order chi connectivity index (χ0) is 9.45. The highest BCUT2D eigenvalue weighted by molar-refractivity contribution is 7.13. The van der Waals surface area contributed by atoms with Crippen LogP contribution in [-0.4, -0.2) is 33.9 Å². The molecule has 0 bridgehead atoms. The van der Waals surface area contributed by atoms with E-state index in [4.69, 9.17) is 24.7 Å². The molecule has 12 heavy (non-hydrogen) atoms. The zero-order valence-electron chi connectivity index (χ0n) is 7.93. The number of rotatable bonds is 7. The van der Waals surface area contributed by atoms with Gasteiger partial charge in [0, 0.05) is 19.8 Å². The van der Waals surface area contributed by atoms with Gasteiger partial charge in [-0.1, -0.05) is 11.1 Å². The maximum Gasteiger partial charge on any atom is 0.470 e. The lowest BCUT2D eigenvalue weighted by molar-refractivity contribution is 0.125. The number of hydrogen-bond acceptors (Lipinski definition) is 3. The Morgan fingerprint density at radius 3 is 1.83 bits per heavy atom. The molecule has 74 valence electrons. The summed E-state index contributed by atoms with van der Waals surface area (Å²) in [6.07, 6.45) is 0.396. The quantitative estimate of drug-likeness (QED) is 0.476. The summed E-state index contributed by atoms with van der Waals surface area (Å²) in [5, 5.41) is 0. The van der Waals surface area contributed by atoms with Crippen LogP contribution in [0.25, 0.3) is 0 Å². The maximum absolute atomic E-state index is 6.09. The van der Waals surface area contributed by atoms with E-state index in [1.165, 1.54) is 0 Å². The molecule has 0 spiro atoms. The summed E-state index contributed by atoms with van der Waals surface area (Å²) in [5.74, 6) is 0. The van der Waals surface area contributed by atoms with Crippen molar-refractivity contribution < 1.29 is 13.6 Å². The highest BCUT2D eigenvalue weighted by Crippen LogP contribution is 2.13. The Kier molecular flexibility index (Phi) is 7.08. The third-order valence-corrected chi connectivity index (χ3v) is 4.17. The van der Waals surface area contributed by atoms with Crippen LogP contribution < -0.4 is 0 Å². The first-order chi connectivity index (χ1) is 5.68. The van der Waals surface area contributed by atoms with Crippen molar-refractivity contribution in [1.29, 1.82) is 0 Å². The Morgan fingerprint density at radius 1 is 1.00 bits per heavy atom. The predicted molar refractivity (Wildman–Crippen MR) is 51.4 cm³/mol. The highest BCUT2D eigenvalue weighted by atomic mass is 35.6. The van der Waals surface area contributed by atoms with Crippen molar-refractivity contribution in [2.24, 2.45) is 0 Å². The van der Waals surface area contributed by atoms with Gasteiger partial charge >= 0.3 is 7.87 Å². The molecule has 0 aromatic carbocycles. The molecule has 0 saturated carbocycles. The molecule has 0 aliphatic rings. The number of halogens is 1. The number of ether oxygens (including phenoxy) is 1. The van der Waals surface area contributed by atoms with Crippen molar-refractivity contribution in [2.75, 3.05) is 26.1 Å². The van der Waals surface area contributed by atoms with E-state index in [1.807, 2.05) is 20.8 Å². The maximum atomic E-state index is 6.09. The normalized spacial score (nSPS) is 12.0. The van der Waals surface area contributed by atoms with Crippen molar-refractivity contribution in [2.45, 2.75) is 20.8 Å². The van der Waals surface area contributed by atoms with Crippen molar-refractivity contribution in [3.05, 3.63) is 0 Å². The van der Waals surface area contributed by atoms with Crippen LogP contribution in [0, 0.1) is 0 Å². The standard InChI is InChI=1S/C7H17ClO3Si/c1-4-9-7-12(8,10-5-2)11-6-3/h4-7H2,1-3H3. The molecule has 0 atom stereocenters. The highest BCUT2D eigenvalue weighted by Gasteiger charge is 2.35. The van der Waals surface area contributed by atoms with Gasteiger partial charge < -0.3 is 13.6 Å². The molecule has 0 radical (unpaired) electrons. The molecule has 0 unspecified atom stereocenters. The summed E-state index contributed by atoms with van der Waals surface area (Å²) in [6, 6.07) is 0. The fourth-order valence-corrected chi connectivity index (χ4v) is 3.23. The molecular weight excluding hydrogens is 196 g/mol. The second kappa shape index (κ2) is 6.86. The van der Waals surface area contributed by atoms with Crippen molar-refractivity contribution in [3.63, 3.8) is 0 Å². The summed E-state index contributed by atoms with van der Waals surface area (Å²) in [7, 11) is -2.52. The van der Waals surface area contributed by atoms with Crippen LogP contribution in [0.4, 0.5) is 0 Å². The largest absolute Gasteiger partial charge is 0.470 e. The fraction of sp³-hybridized carbons (Fsp3) is 1.00. The molecule has 0 aromatic rings. The van der Waals surface area contributed by atoms with Crippen molar-refractivity contribution in [1.82, 2.24) is 0 Å². The lowest BCUT2D eigenvalue weighted by atomic mass is 10.9. The fourth-order valence-electron chi connectivity index (χ4n) is 0.780. The molecule has 0 amide bonds. The minimum absolute atomic E-state index is 0.396. The summed E-state index contributed by atoms with van der Waals surface area (Å²) in [5.41, 5.74) is 0. The minimum Gasteiger partial charge on any atom is -0.382 e. The lowest BCUT2D eigenvalue weighted by Crippen LogP contribution is -2.42. The molecule has 0 N–H and O–H groups in total. The Hall–Kier alpha value is 0.387. The average molecular weight is 213 g/mol. The monoisotopic (exact) mass is 212 g/mol. The molecule has 0 aromatic heterocycles. The van der Waals surface area contributed by atoms with E-state index < -0.39 is 7.87 Å². The van der Waals surface area contributed by atoms with E-state index >= 15 is 0 Å². The second-order valence-electron chi connectivity index (χ2n) is 2.16. The van der Waals surface area contributed by atoms with E-state index in [9.17, 15) is 0 Å². The summed E-state index contributed by atoms with van der Waals surface area (Å²) < 4.78 is 15.8. The summed E-state index contributed by atoms with van der Waals surface area (Å²) in [4.78, 5) is 0. The van der Waals surface area contributed by atoms with Crippen LogP contribution in [0.2, 0.25) is 0 Å². The molecule has 0 fully saturated rings. The third kappa shape index (κ3) is 5.11. The second-order valence-corrected chi connectivity index (χ2v) is 6.08. The molecule has 3 nitrogen and oxygen atoms in total. The molecular formula is C7H17ClO3Si. The van der Waals surface area contributed by atoms with E-state index in [1.54, 1.807) is 0 Å². The van der Waals surface area contributed by atoms with Gasteiger partial charge in [-0.15, -0.1) is 0 Å². The van der Waals surface area contributed by atoms with E-state index in [2.05, 4.69) is 0 Å². The van der Waals surface area contributed by atoms with Crippen LogP contribution in [0.1, 0.15) is 20.8 Å². The van der Waals surface area contributed by atoms with Gasteiger partial charge in [-0.2, -0.15) is 0 Å². The smallest absolute Gasteiger partial charge is 0.382 e. The van der Waals surface area contributed by atoms with Crippen LogP contribution in [0.5, 0.6) is 0 Å². The van der Waals surface area contributed by atoms with Gasteiger partial charge in [-0.3, -0.25) is 0 Å².